The number of likely N-dealkylation sites (tertiary alicyclic amines) is 1. The van der Waals surface area contributed by atoms with Crippen molar-refractivity contribution < 1.29 is 23.1 Å². The van der Waals surface area contributed by atoms with Crippen LogP contribution in [0.3, 0.4) is 0 Å². The third-order valence-corrected chi connectivity index (χ3v) is 7.66. The predicted octanol–water partition coefficient (Wildman–Crippen LogP) is 4.43. The van der Waals surface area contributed by atoms with E-state index in [0.29, 0.717) is 36.4 Å². The summed E-state index contributed by atoms with van der Waals surface area (Å²) >= 11 is 0. The molecule has 1 aromatic carbocycles. The van der Waals surface area contributed by atoms with Crippen LogP contribution in [0.25, 0.3) is 0 Å². The van der Waals surface area contributed by atoms with E-state index in [9.17, 15) is 18.4 Å². The molecule has 6 rings (SSSR count). The fourth-order valence-electron chi connectivity index (χ4n) is 6.90. The average Bonchev–Trinajstić information content (AvgIpc) is 3.17. The van der Waals surface area contributed by atoms with Gasteiger partial charge in [0, 0.05) is 12.2 Å². The highest BCUT2D eigenvalue weighted by Gasteiger charge is 2.56. The third kappa shape index (κ3) is 3.56. The Labute approximate surface area is 175 Å². The van der Waals surface area contributed by atoms with Crippen LogP contribution in [0.4, 0.5) is 14.5 Å². The molecule has 0 spiro atoms. The molecule has 0 unspecified atom stereocenters. The highest BCUT2D eigenvalue weighted by atomic mass is 19.3. The second-order valence-corrected chi connectivity index (χ2v) is 9.75. The molecule has 1 atom stereocenters. The number of carbonyl (C=O) groups is 2. The number of amides is 2. The lowest BCUT2D eigenvalue weighted by atomic mass is 9.49. The molecule has 4 aliphatic carbocycles. The maximum Gasteiger partial charge on any atom is 0.387 e. The Morgan fingerprint density at radius 3 is 2.20 bits per heavy atom. The zero-order valence-electron chi connectivity index (χ0n) is 17.0. The van der Waals surface area contributed by atoms with E-state index in [-0.39, 0.29) is 23.0 Å². The summed E-state index contributed by atoms with van der Waals surface area (Å²) in [6.45, 7) is -2.24. The molecule has 2 amide bonds. The van der Waals surface area contributed by atoms with Gasteiger partial charge < -0.3 is 15.0 Å². The molecule has 1 aromatic rings. The summed E-state index contributed by atoms with van der Waals surface area (Å²) in [4.78, 5) is 28.5. The summed E-state index contributed by atoms with van der Waals surface area (Å²) in [5.41, 5.74) is 0.266. The second kappa shape index (κ2) is 7.50. The lowest BCUT2D eigenvalue weighted by Gasteiger charge is -2.56. The standard InChI is InChI=1S/C23H28F2N2O3/c24-22(25)30-18-5-3-17(4-6-18)26-20(28)19-2-1-7-27(19)21(29)23-11-14-8-15(12-23)10-16(9-14)13-23/h3-6,14-16,19,22H,1-2,7-13H2,(H,26,28)/t14?,15?,16?,19-,23?/m1/s1. The first-order valence-electron chi connectivity index (χ1n) is 11.1. The maximum atomic E-state index is 13.7. The Morgan fingerprint density at radius 2 is 1.63 bits per heavy atom. The van der Waals surface area contributed by atoms with Crippen LogP contribution in [0, 0.1) is 23.2 Å². The van der Waals surface area contributed by atoms with Crippen molar-refractivity contribution in [3.63, 3.8) is 0 Å². The number of halogens is 2. The van der Waals surface area contributed by atoms with Crippen LogP contribution >= 0.6 is 0 Å². The monoisotopic (exact) mass is 418 g/mol. The van der Waals surface area contributed by atoms with Crippen LogP contribution in [0.5, 0.6) is 5.75 Å². The zero-order valence-corrected chi connectivity index (χ0v) is 17.0. The van der Waals surface area contributed by atoms with E-state index in [2.05, 4.69) is 10.1 Å². The fourth-order valence-corrected chi connectivity index (χ4v) is 6.90. The molecule has 0 aromatic heterocycles. The first kappa shape index (κ1) is 19.8. The summed E-state index contributed by atoms with van der Waals surface area (Å²) in [7, 11) is 0. The van der Waals surface area contributed by atoms with Crippen molar-refractivity contribution in [1.29, 1.82) is 0 Å². The van der Waals surface area contributed by atoms with Gasteiger partial charge in [-0.2, -0.15) is 8.78 Å². The van der Waals surface area contributed by atoms with Crippen LogP contribution in [0.2, 0.25) is 0 Å². The SMILES string of the molecule is O=C(Nc1ccc(OC(F)F)cc1)[C@H]1CCCN1C(=O)C12CC3CC(CC(C3)C1)C2. The van der Waals surface area contributed by atoms with Crippen molar-refractivity contribution in [3.05, 3.63) is 24.3 Å². The largest absolute Gasteiger partial charge is 0.435 e. The molecule has 5 aliphatic rings. The summed E-state index contributed by atoms with van der Waals surface area (Å²) in [5, 5.41) is 2.85. The molecular formula is C23H28F2N2O3. The van der Waals surface area contributed by atoms with Gasteiger partial charge in [-0.05, 0) is 93.4 Å². The minimum absolute atomic E-state index is 0.0440. The Morgan fingerprint density at radius 1 is 1.03 bits per heavy atom. The number of anilines is 1. The van der Waals surface area contributed by atoms with E-state index in [0.717, 1.165) is 25.7 Å². The highest BCUT2D eigenvalue weighted by molar-refractivity contribution is 5.98. The molecule has 5 fully saturated rings. The van der Waals surface area contributed by atoms with Gasteiger partial charge in [0.25, 0.3) is 0 Å². The molecular weight excluding hydrogens is 390 g/mol. The Kier molecular flexibility index (Phi) is 4.94. The molecule has 4 bridgehead atoms. The van der Waals surface area contributed by atoms with E-state index in [1.807, 2.05) is 4.90 Å². The Balaban J connectivity index is 1.27. The lowest BCUT2D eigenvalue weighted by Crippen LogP contribution is -2.56. The molecule has 7 heteroatoms. The molecule has 162 valence electrons. The number of carbonyl (C=O) groups excluding carboxylic acids is 2. The quantitative estimate of drug-likeness (QED) is 0.769. The molecule has 5 nitrogen and oxygen atoms in total. The van der Waals surface area contributed by atoms with E-state index >= 15 is 0 Å². The number of ether oxygens (including phenoxy) is 1. The van der Waals surface area contributed by atoms with E-state index in [4.69, 9.17) is 0 Å². The number of nitrogens with one attached hydrogen (secondary N) is 1. The minimum Gasteiger partial charge on any atom is -0.435 e. The van der Waals surface area contributed by atoms with Crippen molar-refractivity contribution >= 4 is 17.5 Å². The summed E-state index contributed by atoms with van der Waals surface area (Å²) in [6, 6.07) is 5.41. The van der Waals surface area contributed by atoms with Crippen LogP contribution < -0.4 is 10.1 Å². The van der Waals surface area contributed by atoms with Gasteiger partial charge in [0.1, 0.15) is 11.8 Å². The first-order chi connectivity index (χ1) is 14.4. The van der Waals surface area contributed by atoms with Gasteiger partial charge in [-0.15, -0.1) is 0 Å². The van der Waals surface area contributed by atoms with Crippen molar-refractivity contribution in [2.45, 2.75) is 64.0 Å². The Hall–Kier alpha value is -2.18. The lowest BCUT2D eigenvalue weighted by molar-refractivity contribution is -0.160. The van der Waals surface area contributed by atoms with E-state index in [1.54, 1.807) is 0 Å². The zero-order chi connectivity index (χ0) is 20.9. The van der Waals surface area contributed by atoms with Crippen LogP contribution in [-0.4, -0.2) is 35.9 Å². The first-order valence-corrected chi connectivity index (χ1v) is 11.1. The van der Waals surface area contributed by atoms with E-state index < -0.39 is 12.7 Å². The smallest absolute Gasteiger partial charge is 0.387 e. The van der Waals surface area contributed by atoms with Crippen LogP contribution in [-0.2, 0) is 9.59 Å². The summed E-state index contributed by atoms with van der Waals surface area (Å²) in [6.07, 6.45) is 8.32. The number of alkyl halides is 2. The van der Waals surface area contributed by atoms with Gasteiger partial charge in [-0.3, -0.25) is 9.59 Å². The van der Waals surface area contributed by atoms with Crippen molar-refractivity contribution in [2.75, 3.05) is 11.9 Å². The van der Waals surface area contributed by atoms with Gasteiger partial charge >= 0.3 is 6.61 Å². The summed E-state index contributed by atoms with van der Waals surface area (Å²) in [5.74, 6) is 2.09. The fraction of sp³-hybridized carbons (Fsp3) is 0.652. The van der Waals surface area contributed by atoms with Crippen LogP contribution in [0.15, 0.2) is 24.3 Å². The molecule has 30 heavy (non-hydrogen) atoms. The van der Waals surface area contributed by atoms with E-state index in [1.165, 1.54) is 43.5 Å². The third-order valence-electron chi connectivity index (χ3n) is 7.66. The molecule has 1 aliphatic heterocycles. The van der Waals surface area contributed by atoms with Gasteiger partial charge in [0.2, 0.25) is 11.8 Å². The topological polar surface area (TPSA) is 58.6 Å². The molecule has 4 saturated carbocycles. The number of benzene rings is 1. The second-order valence-electron chi connectivity index (χ2n) is 9.75. The number of rotatable bonds is 5. The molecule has 1 saturated heterocycles. The predicted molar refractivity (Wildman–Crippen MR) is 107 cm³/mol. The average molecular weight is 418 g/mol. The normalized spacial score (nSPS) is 34.4. The maximum absolute atomic E-state index is 13.7. The minimum atomic E-state index is -2.88. The van der Waals surface area contributed by atoms with Gasteiger partial charge in [0.05, 0.1) is 5.41 Å². The highest BCUT2D eigenvalue weighted by Crippen LogP contribution is 2.60. The van der Waals surface area contributed by atoms with Crippen LogP contribution in [0.1, 0.15) is 51.4 Å². The number of nitrogens with zero attached hydrogens (tertiary/aromatic N) is 1. The van der Waals surface area contributed by atoms with Gasteiger partial charge in [-0.25, -0.2) is 0 Å². The van der Waals surface area contributed by atoms with Crippen molar-refractivity contribution in [2.24, 2.45) is 23.2 Å². The van der Waals surface area contributed by atoms with Crippen molar-refractivity contribution in [3.8, 4) is 5.75 Å². The molecule has 1 N–H and O–H groups in total. The molecule has 0 radical (unpaired) electrons. The van der Waals surface area contributed by atoms with Crippen molar-refractivity contribution in [1.82, 2.24) is 4.90 Å². The summed E-state index contributed by atoms with van der Waals surface area (Å²) < 4.78 is 28.9. The number of hydrogen-bond donors (Lipinski definition) is 1. The number of hydrogen-bond acceptors (Lipinski definition) is 3. The van der Waals surface area contributed by atoms with Gasteiger partial charge in [0.15, 0.2) is 0 Å². The molecule has 1 heterocycles. The van der Waals surface area contributed by atoms with Gasteiger partial charge in [-0.1, -0.05) is 0 Å². The Bertz CT molecular complexity index is 791.